The topological polar surface area (TPSA) is 113 Å². The first kappa shape index (κ1) is 26.5. The van der Waals surface area contributed by atoms with Crippen LogP contribution in [0.25, 0.3) is 22.2 Å². The van der Waals surface area contributed by atoms with E-state index >= 15 is 0 Å². The minimum atomic E-state index is -3.53. The Morgan fingerprint density at radius 1 is 1.03 bits per heavy atom. The van der Waals surface area contributed by atoms with Gasteiger partial charge in [-0.15, -0.1) is 0 Å². The predicted molar refractivity (Wildman–Crippen MR) is 139 cm³/mol. The molecule has 4 rings (SSSR count). The quantitative estimate of drug-likeness (QED) is 0.322. The molecule has 0 aliphatic rings. The van der Waals surface area contributed by atoms with Gasteiger partial charge in [0.1, 0.15) is 11.9 Å². The molecule has 11 heteroatoms. The molecule has 190 valence electrons. The second kappa shape index (κ2) is 10.5. The summed E-state index contributed by atoms with van der Waals surface area (Å²) in [5, 5.41) is 12.9. The Kier molecular flexibility index (Phi) is 7.49. The van der Waals surface area contributed by atoms with Gasteiger partial charge in [0.05, 0.1) is 37.3 Å². The number of carbonyl (C=O) groups is 2. The number of nitrogens with zero attached hydrogens (tertiary/aromatic N) is 1. The zero-order valence-electron chi connectivity index (χ0n) is 19.2. The van der Waals surface area contributed by atoms with Gasteiger partial charge >= 0.3 is 5.97 Å². The number of aromatic nitrogens is 1. The first-order valence-electron chi connectivity index (χ1n) is 10.8. The van der Waals surface area contributed by atoms with Crippen molar-refractivity contribution in [1.29, 1.82) is 0 Å². The first-order chi connectivity index (χ1) is 17.4. The van der Waals surface area contributed by atoms with E-state index in [0.717, 1.165) is 12.3 Å². The van der Waals surface area contributed by atoms with E-state index in [9.17, 15) is 27.5 Å². The fourth-order valence-corrected chi connectivity index (χ4v) is 5.00. The van der Waals surface area contributed by atoms with Crippen molar-refractivity contribution in [3.8, 4) is 11.3 Å². The largest absolute Gasteiger partial charge is 0.480 e. The number of benzene rings is 3. The number of pyridine rings is 1. The Morgan fingerprint density at radius 3 is 2.43 bits per heavy atom. The number of carboxylic acids is 1. The van der Waals surface area contributed by atoms with Crippen molar-refractivity contribution in [3.05, 3.63) is 93.7 Å². The summed E-state index contributed by atoms with van der Waals surface area (Å²) in [6.45, 7) is 0. The summed E-state index contributed by atoms with van der Waals surface area (Å²) < 4.78 is 37.7. The van der Waals surface area contributed by atoms with Crippen LogP contribution in [-0.4, -0.2) is 42.7 Å². The third kappa shape index (κ3) is 5.90. The number of carbonyl (C=O) groups excluding carboxylic acids is 1. The molecule has 3 aromatic carbocycles. The number of aliphatic carboxylic acids is 1. The molecule has 2 N–H and O–H groups in total. The van der Waals surface area contributed by atoms with Gasteiger partial charge in [-0.1, -0.05) is 41.4 Å². The highest BCUT2D eigenvalue weighted by atomic mass is 35.5. The van der Waals surface area contributed by atoms with Crippen LogP contribution in [0.3, 0.4) is 0 Å². The van der Waals surface area contributed by atoms with Crippen molar-refractivity contribution in [2.24, 2.45) is 0 Å². The number of amides is 1. The van der Waals surface area contributed by atoms with Crippen molar-refractivity contribution in [3.63, 3.8) is 0 Å². The van der Waals surface area contributed by atoms with Crippen LogP contribution in [0.5, 0.6) is 0 Å². The molecule has 0 saturated carbocycles. The van der Waals surface area contributed by atoms with Gasteiger partial charge in [-0.05, 0) is 54.1 Å². The molecular formula is C26H19Cl2FN2O5S. The molecule has 1 aromatic heterocycles. The molecule has 0 radical (unpaired) electrons. The Hall–Kier alpha value is -3.53. The molecule has 4 aromatic rings. The molecule has 0 aliphatic heterocycles. The van der Waals surface area contributed by atoms with E-state index in [4.69, 9.17) is 23.2 Å². The third-order valence-electron chi connectivity index (χ3n) is 5.63. The lowest BCUT2D eigenvalue weighted by molar-refractivity contribution is -0.139. The standard InChI is InChI=1S/C26H19Cl2FN2O5S/c1-37(35,36)16-7-8-17(19(28)13-16)25(32)31-23(26(33)34)12-14-5-9-21-15(11-14)6-10-22(30-21)24-18(27)3-2-4-20(24)29/h2-11,13,23H,12H2,1H3,(H,31,32)(H,33,34)/t23-/m0/s1. The van der Waals surface area contributed by atoms with Crippen molar-refractivity contribution < 1.29 is 27.5 Å². The fraction of sp³-hybridized carbons (Fsp3) is 0.115. The number of hydrogen-bond donors (Lipinski definition) is 2. The van der Waals surface area contributed by atoms with Crippen molar-refractivity contribution >= 4 is 55.8 Å². The number of carboxylic acid groups (broad SMARTS) is 1. The highest BCUT2D eigenvalue weighted by molar-refractivity contribution is 7.90. The summed E-state index contributed by atoms with van der Waals surface area (Å²) in [4.78, 5) is 29.0. The lowest BCUT2D eigenvalue weighted by Gasteiger charge is -2.16. The molecule has 0 bridgehead atoms. The average Bonchev–Trinajstić information content (AvgIpc) is 2.82. The number of hydrogen-bond acceptors (Lipinski definition) is 5. The van der Waals surface area contributed by atoms with Crippen molar-refractivity contribution in [2.45, 2.75) is 17.4 Å². The SMILES string of the molecule is CS(=O)(=O)c1ccc(C(=O)N[C@@H](Cc2ccc3nc(-c4c(F)cccc4Cl)ccc3c2)C(=O)O)c(Cl)c1. The number of nitrogens with one attached hydrogen (secondary N) is 1. The van der Waals surface area contributed by atoms with E-state index in [0.29, 0.717) is 22.2 Å². The van der Waals surface area contributed by atoms with Gasteiger partial charge in [0.2, 0.25) is 0 Å². The average molecular weight is 561 g/mol. The summed E-state index contributed by atoms with van der Waals surface area (Å²) in [5.74, 6) is -2.52. The minimum absolute atomic E-state index is 0.0447. The van der Waals surface area contributed by atoms with Crippen molar-refractivity contribution in [1.82, 2.24) is 10.3 Å². The third-order valence-corrected chi connectivity index (χ3v) is 7.37. The van der Waals surface area contributed by atoms with Gasteiger partial charge in [0, 0.05) is 18.1 Å². The van der Waals surface area contributed by atoms with Gasteiger partial charge in [0.25, 0.3) is 5.91 Å². The monoisotopic (exact) mass is 560 g/mol. The Bertz CT molecular complexity index is 1640. The summed E-state index contributed by atoms with van der Waals surface area (Å²) >= 11 is 12.2. The van der Waals surface area contributed by atoms with Crippen LogP contribution in [0.4, 0.5) is 4.39 Å². The summed E-state index contributed by atoms with van der Waals surface area (Å²) in [6, 6.07) is 15.1. The van der Waals surface area contributed by atoms with Gasteiger partial charge in [-0.3, -0.25) is 4.79 Å². The predicted octanol–water partition coefficient (Wildman–Crippen LogP) is 5.18. The Balaban J connectivity index is 1.56. The molecule has 0 spiro atoms. The van der Waals surface area contributed by atoms with Gasteiger partial charge in [0.15, 0.2) is 9.84 Å². The van der Waals surface area contributed by atoms with Crippen LogP contribution in [0.2, 0.25) is 10.0 Å². The molecule has 0 aliphatic carbocycles. The molecule has 0 fully saturated rings. The van der Waals surface area contributed by atoms with E-state index in [1.54, 1.807) is 36.4 Å². The van der Waals surface area contributed by atoms with Crippen LogP contribution >= 0.6 is 23.2 Å². The molecule has 7 nitrogen and oxygen atoms in total. The van der Waals surface area contributed by atoms with Crippen LogP contribution in [-0.2, 0) is 21.1 Å². The second-order valence-corrected chi connectivity index (χ2v) is 11.1. The molecule has 0 unspecified atom stereocenters. The van der Waals surface area contributed by atoms with E-state index in [2.05, 4.69) is 10.3 Å². The summed E-state index contributed by atoms with van der Waals surface area (Å²) in [6.07, 6.45) is 0.963. The van der Waals surface area contributed by atoms with E-state index in [-0.39, 0.29) is 32.5 Å². The maximum absolute atomic E-state index is 14.3. The molecule has 0 saturated heterocycles. The van der Waals surface area contributed by atoms with E-state index in [1.165, 1.54) is 24.3 Å². The fourth-order valence-electron chi connectivity index (χ4n) is 3.77. The van der Waals surface area contributed by atoms with Crippen LogP contribution in [0, 0.1) is 5.82 Å². The second-order valence-electron chi connectivity index (χ2n) is 8.30. The normalized spacial score (nSPS) is 12.3. The molecule has 1 heterocycles. The van der Waals surface area contributed by atoms with Gasteiger partial charge < -0.3 is 10.4 Å². The molecular weight excluding hydrogens is 542 g/mol. The number of sulfone groups is 1. The van der Waals surface area contributed by atoms with E-state index < -0.39 is 33.6 Å². The Labute approximate surface area is 221 Å². The van der Waals surface area contributed by atoms with Crippen LogP contribution in [0.1, 0.15) is 15.9 Å². The first-order valence-corrected chi connectivity index (χ1v) is 13.5. The highest BCUT2D eigenvalue weighted by Gasteiger charge is 2.23. The zero-order chi connectivity index (χ0) is 26.9. The summed E-state index contributed by atoms with van der Waals surface area (Å²) in [7, 11) is -3.53. The van der Waals surface area contributed by atoms with Gasteiger partial charge in [-0.25, -0.2) is 22.6 Å². The minimum Gasteiger partial charge on any atom is -0.480 e. The Morgan fingerprint density at radius 2 is 1.78 bits per heavy atom. The van der Waals surface area contributed by atoms with E-state index in [1.807, 2.05) is 0 Å². The smallest absolute Gasteiger partial charge is 0.326 e. The number of fused-ring (bicyclic) bond motifs is 1. The maximum Gasteiger partial charge on any atom is 0.326 e. The maximum atomic E-state index is 14.3. The molecule has 1 atom stereocenters. The zero-order valence-corrected chi connectivity index (χ0v) is 21.5. The van der Waals surface area contributed by atoms with Crippen molar-refractivity contribution in [2.75, 3.05) is 6.26 Å². The summed E-state index contributed by atoms with van der Waals surface area (Å²) in [5.41, 5.74) is 1.65. The van der Waals surface area contributed by atoms with Crippen LogP contribution < -0.4 is 5.32 Å². The number of halogens is 3. The number of rotatable bonds is 7. The lowest BCUT2D eigenvalue weighted by Crippen LogP contribution is -2.42. The van der Waals surface area contributed by atoms with Gasteiger partial charge in [-0.2, -0.15) is 0 Å². The lowest BCUT2D eigenvalue weighted by atomic mass is 10.0. The van der Waals surface area contributed by atoms with Crippen LogP contribution in [0.15, 0.2) is 71.6 Å². The molecule has 37 heavy (non-hydrogen) atoms. The highest BCUT2D eigenvalue weighted by Crippen LogP contribution is 2.30. The molecule has 1 amide bonds.